The number of benzene rings is 1. The van der Waals surface area contributed by atoms with Gasteiger partial charge in [-0.05, 0) is 17.5 Å². The van der Waals surface area contributed by atoms with Gasteiger partial charge in [0.15, 0.2) is 5.82 Å². The number of fused-ring (bicyclic) bond motifs is 1. The molecule has 2 heterocycles. The number of amides is 1. The number of aromatic nitrogens is 2. The highest BCUT2D eigenvalue weighted by atomic mass is 35.5. The molecule has 2 N–H and O–H groups in total. The van der Waals surface area contributed by atoms with Crippen molar-refractivity contribution in [2.75, 3.05) is 5.32 Å². The number of nitrogens with zero attached hydrogens (tertiary/aromatic N) is 2. The number of halogens is 1. The molecule has 3 rings (SSSR count). The van der Waals surface area contributed by atoms with Crippen LogP contribution in [0.15, 0.2) is 36.5 Å². The van der Waals surface area contributed by atoms with Gasteiger partial charge in [0.05, 0.1) is 6.04 Å². The van der Waals surface area contributed by atoms with Crippen molar-refractivity contribution in [3.63, 3.8) is 0 Å². The lowest BCUT2D eigenvalue weighted by molar-refractivity contribution is -0.118. The molecule has 1 unspecified atom stereocenters. The Bertz CT molecular complexity index is 611. The van der Waals surface area contributed by atoms with Crippen LogP contribution in [0.4, 0.5) is 5.82 Å². The van der Waals surface area contributed by atoms with Crippen molar-refractivity contribution >= 4 is 24.1 Å². The van der Waals surface area contributed by atoms with Crippen molar-refractivity contribution < 1.29 is 4.79 Å². The molecular formula is C14H17ClN4O. The monoisotopic (exact) mass is 292 g/mol. The number of carbonyl (C=O) groups excluding carboxylic acids is 1. The van der Waals surface area contributed by atoms with Crippen LogP contribution in [0.5, 0.6) is 0 Å². The molecule has 0 aliphatic carbocycles. The van der Waals surface area contributed by atoms with E-state index in [0.717, 1.165) is 13.0 Å². The average molecular weight is 293 g/mol. The van der Waals surface area contributed by atoms with Gasteiger partial charge in [-0.25, -0.2) is 0 Å². The van der Waals surface area contributed by atoms with Crippen LogP contribution in [0.25, 0.3) is 0 Å². The standard InChI is InChI=1S/C14H16N4O.ClH/c1-18-7-6-13(17-18)16-14(19)12-8-10-4-2-3-5-11(10)9-15-12;/h2-7,12,15H,8-9H2,1H3,(H,16,17,19);1H. The summed E-state index contributed by atoms with van der Waals surface area (Å²) in [5.41, 5.74) is 2.51. The Labute approximate surface area is 123 Å². The van der Waals surface area contributed by atoms with Gasteiger partial charge < -0.3 is 10.6 Å². The van der Waals surface area contributed by atoms with Gasteiger partial charge in [0.2, 0.25) is 5.91 Å². The summed E-state index contributed by atoms with van der Waals surface area (Å²) in [7, 11) is 1.82. The molecule has 0 spiro atoms. The van der Waals surface area contributed by atoms with Crippen LogP contribution in [0, 0.1) is 0 Å². The Morgan fingerprint density at radius 1 is 1.35 bits per heavy atom. The highest BCUT2D eigenvalue weighted by molar-refractivity contribution is 5.94. The predicted molar refractivity (Wildman–Crippen MR) is 79.9 cm³/mol. The summed E-state index contributed by atoms with van der Waals surface area (Å²) in [6.07, 6.45) is 2.52. The van der Waals surface area contributed by atoms with E-state index in [-0.39, 0.29) is 24.4 Å². The first kappa shape index (κ1) is 14.6. The molecule has 1 aromatic carbocycles. The molecule has 0 bridgehead atoms. The summed E-state index contributed by atoms with van der Waals surface area (Å²) in [6, 6.07) is 9.80. The van der Waals surface area contributed by atoms with E-state index in [4.69, 9.17) is 0 Å². The van der Waals surface area contributed by atoms with Crippen molar-refractivity contribution in [3.8, 4) is 0 Å². The second kappa shape index (κ2) is 6.07. The Balaban J connectivity index is 0.00000147. The van der Waals surface area contributed by atoms with Gasteiger partial charge >= 0.3 is 0 Å². The van der Waals surface area contributed by atoms with Crippen molar-refractivity contribution in [2.45, 2.75) is 19.0 Å². The number of nitrogens with one attached hydrogen (secondary N) is 2. The number of hydrogen-bond donors (Lipinski definition) is 2. The van der Waals surface area contributed by atoms with Crippen LogP contribution in [0.2, 0.25) is 0 Å². The summed E-state index contributed by atoms with van der Waals surface area (Å²) in [4.78, 5) is 12.2. The molecular weight excluding hydrogens is 276 g/mol. The molecule has 0 saturated heterocycles. The van der Waals surface area contributed by atoms with E-state index in [0.29, 0.717) is 5.82 Å². The minimum absolute atomic E-state index is 0. The van der Waals surface area contributed by atoms with Crippen LogP contribution >= 0.6 is 12.4 Å². The fraction of sp³-hybridized carbons (Fsp3) is 0.286. The first-order valence-corrected chi connectivity index (χ1v) is 6.33. The molecule has 20 heavy (non-hydrogen) atoms. The van der Waals surface area contributed by atoms with E-state index in [2.05, 4.69) is 27.9 Å². The van der Waals surface area contributed by atoms with Crippen molar-refractivity contribution in [1.82, 2.24) is 15.1 Å². The fourth-order valence-electron chi connectivity index (χ4n) is 2.33. The molecule has 5 nitrogen and oxygen atoms in total. The van der Waals surface area contributed by atoms with Crippen molar-refractivity contribution in [2.24, 2.45) is 7.05 Å². The van der Waals surface area contributed by atoms with Crippen LogP contribution < -0.4 is 10.6 Å². The van der Waals surface area contributed by atoms with Crippen molar-refractivity contribution in [1.29, 1.82) is 0 Å². The fourth-order valence-corrected chi connectivity index (χ4v) is 2.33. The molecule has 1 aliphatic heterocycles. The Morgan fingerprint density at radius 2 is 2.10 bits per heavy atom. The molecule has 0 fully saturated rings. The third-order valence-electron chi connectivity index (χ3n) is 3.36. The summed E-state index contributed by atoms with van der Waals surface area (Å²) in [6.45, 7) is 0.733. The Hall–Kier alpha value is -1.85. The van der Waals surface area contributed by atoms with Gasteiger partial charge in [0, 0.05) is 25.9 Å². The van der Waals surface area contributed by atoms with Crippen LogP contribution in [0.1, 0.15) is 11.1 Å². The number of hydrogen-bond acceptors (Lipinski definition) is 3. The molecule has 106 valence electrons. The zero-order chi connectivity index (χ0) is 13.2. The summed E-state index contributed by atoms with van der Waals surface area (Å²) in [5.74, 6) is 0.557. The summed E-state index contributed by atoms with van der Waals surface area (Å²) >= 11 is 0. The zero-order valence-corrected chi connectivity index (χ0v) is 12.0. The molecule has 2 aromatic rings. The topological polar surface area (TPSA) is 59.0 Å². The second-order valence-corrected chi connectivity index (χ2v) is 4.77. The van der Waals surface area contributed by atoms with Crippen LogP contribution in [-0.4, -0.2) is 21.7 Å². The highest BCUT2D eigenvalue weighted by Gasteiger charge is 2.24. The predicted octanol–water partition coefficient (Wildman–Crippen LogP) is 1.49. The van der Waals surface area contributed by atoms with Crippen LogP contribution in [0.3, 0.4) is 0 Å². The second-order valence-electron chi connectivity index (χ2n) is 4.77. The SMILES string of the molecule is Cl.Cn1ccc(NC(=O)C2Cc3ccccc3CN2)n1. The summed E-state index contributed by atoms with van der Waals surface area (Å²) in [5, 5.41) is 10.2. The number of aryl methyl sites for hydroxylation is 1. The molecule has 1 aromatic heterocycles. The van der Waals surface area contributed by atoms with Gasteiger partial charge in [-0.2, -0.15) is 5.10 Å². The van der Waals surface area contributed by atoms with Crippen molar-refractivity contribution in [3.05, 3.63) is 47.7 Å². The lowest BCUT2D eigenvalue weighted by Gasteiger charge is -2.24. The zero-order valence-electron chi connectivity index (χ0n) is 11.2. The maximum absolute atomic E-state index is 12.2. The van der Waals surface area contributed by atoms with E-state index in [1.165, 1.54) is 11.1 Å². The van der Waals surface area contributed by atoms with Gasteiger partial charge in [-0.15, -0.1) is 12.4 Å². The van der Waals surface area contributed by atoms with Gasteiger partial charge in [0.25, 0.3) is 0 Å². The molecule has 0 radical (unpaired) electrons. The first-order chi connectivity index (χ1) is 9.22. The largest absolute Gasteiger partial charge is 0.308 e. The normalized spacial score (nSPS) is 16.9. The quantitative estimate of drug-likeness (QED) is 0.882. The molecule has 0 saturated carbocycles. The molecule has 6 heteroatoms. The third kappa shape index (κ3) is 3.00. The maximum atomic E-state index is 12.2. The Kier molecular flexibility index (Phi) is 4.42. The number of carbonyl (C=O) groups is 1. The number of rotatable bonds is 2. The molecule has 1 amide bonds. The lowest BCUT2D eigenvalue weighted by Crippen LogP contribution is -2.44. The average Bonchev–Trinajstić information content (AvgIpc) is 2.83. The maximum Gasteiger partial charge on any atom is 0.243 e. The van der Waals surface area contributed by atoms with Gasteiger partial charge in [-0.1, -0.05) is 24.3 Å². The highest BCUT2D eigenvalue weighted by Crippen LogP contribution is 2.17. The Morgan fingerprint density at radius 3 is 2.80 bits per heavy atom. The molecule has 1 aliphatic rings. The van der Waals surface area contributed by atoms with Crippen LogP contribution in [-0.2, 0) is 24.8 Å². The summed E-state index contributed by atoms with van der Waals surface area (Å²) < 4.78 is 1.67. The first-order valence-electron chi connectivity index (χ1n) is 6.33. The van der Waals surface area contributed by atoms with E-state index >= 15 is 0 Å². The van der Waals surface area contributed by atoms with E-state index in [9.17, 15) is 4.79 Å². The minimum Gasteiger partial charge on any atom is -0.308 e. The van der Waals surface area contributed by atoms with E-state index < -0.39 is 0 Å². The van der Waals surface area contributed by atoms with Gasteiger partial charge in [-0.3, -0.25) is 9.48 Å². The van der Waals surface area contributed by atoms with E-state index in [1.807, 2.05) is 19.2 Å². The molecule has 1 atom stereocenters. The number of anilines is 1. The third-order valence-corrected chi connectivity index (χ3v) is 3.36. The van der Waals surface area contributed by atoms with Gasteiger partial charge in [0.1, 0.15) is 0 Å². The van der Waals surface area contributed by atoms with E-state index in [1.54, 1.807) is 16.9 Å². The minimum atomic E-state index is -0.197. The lowest BCUT2D eigenvalue weighted by atomic mass is 9.95. The smallest absolute Gasteiger partial charge is 0.243 e.